The molecule has 2 aliphatic carbocycles. The topological polar surface area (TPSA) is 16.4 Å². The summed E-state index contributed by atoms with van der Waals surface area (Å²) < 4.78 is 6.62. The molecule has 0 N–H and O–H groups in total. The van der Waals surface area contributed by atoms with Crippen molar-refractivity contribution in [2.45, 2.75) is 57.8 Å². The molecule has 2 nitrogen and oxygen atoms in total. The fourth-order valence-corrected chi connectivity index (χ4v) is 8.48. The second-order valence-electron chi connectivity index (χ2n) is 15.0. The van der Waals surface area contributed by atoms with Crippen molar-refractivity contribution in [3.8, 4) is 22.3 Å². The Balaban J connectivity index is 1.25. The molecule has 1 heterocycles. The van der Waals surface area contributed by atoms with Crippen molar-refractivity contribution in [3.05, 3.63) is 150 Å². The van der Waals surface area contributed by atoms with Gasteiger partial charge in [0.2, 0.25) is 0 Å². The van der Waals surface area contributed by atoms with E-state index in [2.05, 4.69) is 174 Å². The van der Waals surface area contributed by atoms with Gasteiger partial charge < -0.3 is 9.32 Å². The molecule has 9 rings (SSSR count). The van der Waals surface area contributed by atoms with E-state index in [1.165, 1.54) is 44.5 Å². The molecule has 230 valence electrons. The fraction of sp³-hybridized carbons (Fsp3) is 0.200. The minimum Gasteiger partial charge on any atom is -0.456 e. The van der Waals surface area contributed by atoms with Crippen molar-refractivity contribution >= 4 is 39.0 Å². The van der Waals surface area contributed by atoms with Crippen LogP contribution in [-0.4, -0.2) is 0 Å². The number of rotatable bonds is 3. The zero-order chi connectivity index (χ0) is 32.3. The SMILES string of the molecule is CC1(C)c2ccccc2-c2ccc(N(c3ccccc3)c3ccc4oc5cc6c(cc5c4c3)-c3ccccc3C(C)(C)C6(C)C)cc21. The van der Waals surface area contributed by atoms with E-state index in [0.29, 0.717) is 0 Å². The van der Waals surface area contributed by atoms with Gasteiger partial charge in [0, 0.05) is 33.2 Å². The molecule has 0 bridgehead atoms. The van der Waals surface area contributed by atoms with Gasteiger partial charge in [-0.1, -0.05) is 114 Å². The average Bonchev–Trinajstić information content (AvgIpc) is 3.55. The van der Waals surface area contributed by atoms with Gasteiger partial charge in [0.1, 0.15) is 11.2 Å². The van der Waals surface area contributed by atoms with Gasteiger partial charge in [0.15, 0.2) is 0 Å². The third-order valence-corrected chi connectivity index (χ3v) is 11.8. The summed E-state index contributed by atoms with van der Waals surface area (Å²) in [6.07, 6.45) is 0. The number of para-hydroxylation sites is 1. The van der Waals surface area contributed by atoms with Crippen molar-refractivity contribution in [2.75, 3.05) is 4.90 Å². The Hall–Kier alpha value is -5.08. The molecule has 0 saturated carbocycles. The minimum atomic E-state index is -0.0767. The summed E-state index contributed by atoms with van der Waals surface area (Å²) in [5.74, 6) is 0. The molecule has 2 heteroatoms. The molecule has 0 atom stereocenters. The highest BCUT2D eigenvalue weighted by molar-refractivity contribution is 6.09. The first-order valence-electron chi connectivity index (χ1n) is 16.8. The summed E-state index contributed by atoms with van der Waals surface area (Å²) >= 11 is 0. The van der Waals surface area contributed by atoms with Gasteiger partial charge in [-0.25, -0.2) is 0 Å². The summed E-state index contributed by atoms with van der Waals surface area (Å²) in [6, 6.07) is 46.9. The Bertz CT molecular complexity index is 2390. The largest absolute Gasteiger partial charge is 0.456 e. The van der Waals surface area contributed by atoms with E-state index in [4.69, 9.17) is 4.42 Å². The molecule has 0 saturated heterocycles. The summed E-state index contributed by atoms with van der Waals surface area (Å²) in [7, 11) is 0. The Morgan fingerprint density at radius 3 is 1.74 bits per heavy atom. The van der Waals surface area contributed by atoms with Crippen LogP contribution in [0.1, 0.15) is 63.8 Å². The second kappa shape index (κ2) is 9.48. The summed E-state index contributed by atoms with van der Waals surface area (Å²) in [6.45, 7) is 14.2. The van der Waals surface area contributed by atoms with Gasteiger partial charge in [0.25, 0.3) is 0 Å². The molecule has 0 unspecified atom stereocenters. The van der Waals surface area contributed by atoms with E-state index in [1.807, 2.05) is 0 Å². The number of anilines is 3. The van der Waals surface area contributed by atoms with Crippen LogP contribution in [0, 0.1) is 0 Å². The quantitative estimate of drug-likeness (QED) is 0.198. The predicted octanol–water partition coefficient (Wildman–Crippen LogP) is 12.6. The van der Waals surface area contributed by atoms with Gasteiger partial charge in [-0.05, 0) is 110 Å². The monoisotopic (exact) mass is 609 g/mol. The lowest BCUT2D eigenvalue weighted by atomic mass is 9.55. The van der Waals surface area contributed by atoms with Crippen molar-refractivity contribution in [3.63, 3.8) is 0 Å². The fourth-order valence-electron chi connectivity index (χ4n) is 8.48. The Morgan fingerprint density at radius 2 is 0.979 bits per heavy atom. The van der Waals surface area contributed by atoms with Crippen LogP contribution >= 0.6 is 0 Å². The van der Waals surface area contributed by atoms with E-state index in [9.17, 15) is 0 Å². The van der Waals surface area contributed by atoms with Gasteiger partial charge in [-0.15, -0.1) is 0 Å². The van der Waals surface area contributed by atoms with Crippen LogP contribution in [0.2, 0.25) is 0 Å². The molecule has 0 amide bonds. The minimum absolute atomic E-state index is 0.0224. The molecular formula is C45H39NO. The van der Waals surface area contributed by atoms with Crippen LogP contribution in [0.3, 0.4) is 0 Å². The number of hydrogen-bond acceptors (Lipinski definition) is 2. The molecule has 1 aromatic heterocycles. The van der Waals surface area contributed by atoms with Crippen molar-refractivity contribution in [1.82, 2.24) is 0 Å². The summed E-state index contributed by atoms with van der Waals surface area (Å²) in [4.78, 5) is 2.39. The zero-order valence-corrected chi connectivity index (χ0v) is 28.0. The molecule has 6 aromatic carbocycles. The maximum atomic E-state index is 6.62. The predicted molar refractivity (Wildman–Crippen MR) is 197 cm³/mol. The normalized spacial score (nSPS) is 16.4. The lowest BCUT2D eigenvalue weighted by Crippen LogP contribution is -2.43. The van der Waals surface area contributed by atoms with E-state index < -0.39 is 0 Å². The molecule has 0 fully saturated rings. The average molecular weight is 610 g/mol. The third kappa shape index (κ3) is 3.79. The van der Waals surface area contributed by atoms with Crippen LogP contribution in [-0.2, 0) is 16.2 Å². The van der Waals surface area contributed by atoms with Crippen molar-refractivity contribution in [1.29, 1.82) is 0 Å². The van der Waals surface area contributed by atoms with Crippen LogP contribution in [0.5, 0.6) is 0 Å². The Kier molecular flexibility index (Phi) is 5.68. The molecule has 47 heavy (non-hydrogen) atoms. The maximum absolute atomic E-state index is 6.62. The first-order valence-corrected chi connectivity index (χ1v) is 16.8. The first-order chi connectivity index (χ1) is 22.6. The molecule has 2 aliphatic rings. The van der Waals surface area contributed by atoms with E-state index >= 15 is 0 Å². The summed E-state index contributed by atoms with van der Waals surface area (Å²) in [5.41, 5.74) is 15.9. The van der Waals surface area contributed by atoms with Gasteiger partial charge in [0.05, 0.1) is 0 Å². The second-order valence-corrected chi connectivity index (χ2v) is 15.0. The Morgan fingerprint density at radius 1 is 0.404 bits per heavy atom. The van der Waals surface area contributed by atoms with E-state index in [0.717, 1.165) is 39.0 Å². The highest BCUT2D eigenvalue weighted by Gasteiger charge is 2.46. The zero-order valence-electron chi connectivity index (χ0n) is 28.0. The lowest BCUT2D eigenvalue weighted by Gasteiger charge is -2.48. The standard InChI is InChI=1S/C45H39NO/c1-43(2)37-18-12-10-16-31(37)33-22-20-30(25-39(33)43)46(28-14-8-7-9-15-28)29-21-23-41-35(24-29)36-26-34-32-17-11-13-19-38(32)44(3,4)45(5,6)40(34)27-42(36)47-41/h7-27H,1-6H3. The van der Waals surface area contributed by atoms with Crippen molar-refractivity contribution < 1.29 is 4.42 Å². The first kappa shape index (κ1) is 28.2. The maximum Gasteiger partial charge on any atom is 0.135 e. The van der Waals surface area contributed by atoms with Crippen molar-refractivity contribution in [2.24, 2.45) is 0 Å². The number of furan rings is 1. The summed E-state index contributed by atoms with van der Waals surface area (Å²) in [5, 5.41) is 2.29. The molecule has 0 aliphatic heterocycles. The third-order valence-electron chi connectivity index (χ3n) is 11.8. The van der Waals surface area contributed by atoms with E-state index in [-0.39, 0.29) is 16.2 Å². The van der Waals surface area contributed by atoms with E-state index in [1.54, 1.807) is 0 Å². The number of hydrogen-bond donors (Lipinski definition) is 0. The number of benzene rings is 6. The van der Waals surface area contributed by atoms with Crippen LogP contribution < -0.4 is 4.90 Å². The molecular weight excluding hydrogens is 571 g/mol. The lowest BCUT2D eigenvalue weighted by molar-refractivity contribution is 0.299. The van der Waals surface area contributed by atoms with Crippen LogP contribution in [0.15, 0.2) is 132 Å². The van der Waals surface area contributed by atoms with Crippen LogP contribution in [0.4, 0.5) is 17.1 Å². The smallest absolute Gasteiger partial charge is 0.135 e. The number of nitrogens with zero attached hydrogens (tertiary/aromatic N) is 1. The van der Waals surface area contributed by atoms with Gasteiger partial charge in [-0.2, -0.15) is 0 Å². The highest BCUT2D eigenvalue weighted by Crippen LogP contribution is 2.55. The Labute approximate surface area is 277 Å². The highest BCUT2D eigenvalue weighted by atomic mass is 16.3. The number of fused-ring (bicyclic) bond motifs is 9. The van der Waals surface area contributed by atoms with Gasteiger partial charge in [-0.3, -0.25) is 0 Å². The van der Waals surface area contributed by atoms with Gasteiger partial charge >= 0.3 is 0 Å². The molecule has 0 radical (unpaired) electrons. The molecule has 0 spiro atoms. The molecule has 7 aromatic rings. The van der Waals surface area contributed by atoms with Crippen LogP contribution in [0.25, 0.3) is 44.2 Å².